The van der Waals surface area contributed by atoms with Crippen LogP contribution in [0.2, 0.25) is 0 Å². The second-order valence-corrected chi connectivity index (χ2v) is 7.00. The van der Waals surface area contributed by atoms with Crippen LogP contribution in [0.3, 0.4) is 0 Å². The van der Waals surface area contributed by atoms with Crippen LogP contribution < -0.4 is 5.32 Å². The number of unbranched alkanes of at least 4 members (excludes halogenated alkanes) is 7. The number of carboxylic acids is 1. The highest BCUT2D eigenvalue weighted by atomic mass is 16.4. The Balaban J connectivity index is 2.16. The zero-order valence-corrected chi connectivity index (χ0v) is 16.3. The number of Topliss-reactive ketones (excluding diaryl/α,β-unsaturated/α-hetero) is 1. The number of nitrogens with one attached hydrogen (secondary N) is 1. The van der Waals surface area contributed by atoms with Crippen molar-refractivity contribution in [2.75, 3.05) is 11.9 Å². The lowest BCUT2D eigenvalue weighted by molar-refractivity contribution is -0.137. The predicted octanol–water partition coefficient (Wildman–Crippen LogP) is 5.93. The summed E-state index contributed by atoms with van der Waals surface area (Å²) in [6, 6.07) is 5.89. The molecule has 144 valence electrons. The van der Waals surface area contributed by atoms with Crippen molar-refractivity contribution in [3.05, 3.63) is 35.9 Å². The summed E-state index contributed by atoms with van der Waals surface area (Å²) in [7, 11) is 0. The van der Waals surface area contributed by atoms with Gasteiger partial charge in [0, 0.05) is 24.2 Å². The van der Waals surface area contributed by atoms with Gasteiger partial charge >= 0.3 is 5.97 Å². The maximum atomic E-state index is 11.8. The third-order valence-electron chi connectivity index (χ3n) is 4.51. The molecule has 1 aromatic carbocycles. The van der Waals surface area contributed by atoms with E-state index in [1.54, 1.807) is 6.92 Å². The van der Waals surface area contributed by atoms with Gasteiger partial charge < -0.3 is 10.4 Å². The summed E-state index contributed by atoms with van der Waals surface area (Å²) in [5.41, 5.74) is 3.54. The number of anilines is 1. The molecular formula is C22H33NO3. The first-order valence-electron chi connectivity index (χ1n) is 9.68. The van der Waals surface area contributed by atoms with Crippen LogP contribution in [0.15, 0.2) is 24.8 Å². The van der Waals surface area contributed by atoms with Crippen LogP contribution in [0.25, 0.3) is 5.57 Å². The first-order chi connectivity index (χ1) is 12.4. The van der Waals surface area contributed by atoms with Gasteiger partial charge in [-0.05, 0) is 44.4 Å². The van der Waals surface area contributed by atoms with Gasteiger partial charge in [0.2, 0.25) is 0 Å². The molecule has 0 spiro atoms. The SMILES string of the molecule is C=C(C)c1ccc(NCCCCCCCCCCC(=O)O)cc1C(C)=O. The topological polar surface area (TPSA) is 66.4 Å². The summed E-state index contributed by atoms with van der Waals surface area (Å²) in [6.45, 7) is 8.35. The molecule has 0 atom stereocenters. The number of hydrogen-bond donors (Lipinski definition) is 2. The molecule has 4 nitrogen and oxygen atoms in total. The molecule has 0 bridgehead atoms. The molecule has 0 fully saturated rings. The van der Waals surface area contributed by atoms with Gasteiger partial charge in [-0.15, -0.1) is 0 Å². The van der Waals surface area contributed by atoms with Gasteiger partial charge in [0.15, 0.2) is 5.78 Å². The average Bonchev–Trinajstić information content (AvgIpc) is 2.59. The molecule has 2 N–H and O–H groups in total. The van der Waals surface area contributed by atoms with Crippen LogP contribution in [0.4, 0.5) is 5.69 Å². The number of carbonyl (C=O) groups excluding carboxylic acids is 1. The summed E-state index contributed by atoms with van der Waals surface area (Å²) < 4.78 is 0. The van der Waals surface area contributed by atoms with E-state index in [-0.39, 0.29) is 5.78 Å². The molecule has 4 heteroatoms. The van der Waals surface area contributed by atoms with Gasteiger partial charge in [-0.25, -0.2) is 0 Å². The lowest BCUT2D eigenvalue weighted by Gasteiger charge is -2.11. The maximum Gasteiger partial charge on any atom is 0.303 e. The molecule has 0 unspecified atom stereocenters. The fourth-order valence-corrected chi connectivity index (χ4v) is 3.01. The molecule has 0 aliphatic rings. The molecule has 0 aliphatic heterocycles. The third kappa shape index (κ3) is 8.84. The summed E-state index contributed by atoms with van der Waals surface area (Å²) in [5.74, 6) is -0.628. The Morgan fingerprint density at radius 1 is 0.923 bits per heavy atom. The van der Waals surface area contributed by atoms with E-state index in [0.29, 0.717) is 6.42 Å². The number of allylic oxidation sites excluding steroid dienone is 1. The van der Waals surface area contributed by atoms with Gasteiger partial charge in [-0.2, -0.15) is 0 Å². The molecule has 0 saturated carbocycles. The molecule has 0 aromatic heterocycles. The van der Waals surface area contributed by atoms with E-state index >= 15 is 0 Å². The summed E-state index contributed by atoms with van der Waals surface area (Å²) in [5, 5.41) is 12.0. The Hall–Kier alpha value is -2.10. The van der Waals surface area contributed by atoms with Crippen molar-refractivity contribution in [3.63, 3.8) is 0 Å². The number of hydrogen-bond acceptors (Lipinski definition) is 3. The smallest absolute Gasteiger partial charge is 0.303 e. The highest BCUT2D eigenvalue weighted by Crippen LogP contribution is 2.22. The van der Waals surface area contributed by atoms with Crippen molar-refractivity contribution >= 4 is 23.0 Å². The monoisotopic (exact) mass is 359 g/mol. The van der Waals surface area contributed by atoms with Crippen LogP contribution in [0, 0.1) is 0 Å². The Labute approximate surface area is 157 Å². The Morgan fingerprint density at radius 2 is 1.50 bits per heavy atom. The van der Waals surface area contributed by atoms with Crippen LogP contribution in [0.1, 0.15) is 87.6 Å². The van der Waals surface area contributed by atoms with Gasteiger partial charge in [-0.3, -0.25) is 9.59 Å². The number of benzene rings is 1. The zero-order valence-electron chi connectivity index (χ0n) is 16.3. The number of aliphatic carboxylic acids is 1. The first-order valence-corrected chi connectivity index (χ1v) is 9.68. The van der Waals surface area contributed by atoms with Crippen LogP contribution in [0.5, 0.6) is 0 Å². The third-order valence-corrected chi connectivity index (χ3v) is 4.51. The standard InChI is InChI=1S/C22H33NO3/c1-17(2)20-14-13-19(16-21(20)18(3)24)23-15-11-9-7-5-4-6-8-10-12-22(25)26/h13-14,16,23H,1,4-12,15H2,2-3H3,(H,25,26). The molecular weight excluding hydrogens is 326 g/mol. The second-order valence-electron chi connectivity index (χ2n) is 7.00. The summed E-state index contributed by atoms with van der Waals surface area (Å²) >= 11 is 0. The Kier molecular flexibility index (Phi) is 10.4. The van der Waals surface area contributed by atoms with E-state index < -0.39 is 5.97 Å². The Morgan fingerprint density at radius 3 is 2.04 bits per heavy atom. The second kappa shape index (κ2) is 12.3. The minimum absolute atomic E-state index is 0.0648. The van der Waals surface area contributed by atoms with Crippen LogP contribution in [-0.2, 0) is 4.79 Å². The minimum Gasteiger partial charge on any atom is -0.481 e. The van der Waals surface area contributed by atoms with Gasteiger partial charge in [0.1, 0.15) is 0 Å². The van der Waals surface area contributed by atoms with E-state index in [0.717, 1.165) is 54.6 Å². The lowest BCUT2D eigenvalue weighted by Crippen LogP contribution is -2.04. The van der Waals surface area contributed by atoms with Crippen molar-refractivity contribution in [2.45, 2.75) is 71.6 Å². The van der Waals surface area contributed by atoms with Gasteiger partial charge in [0.25, 0.3) is 0 Å². The van der Waals surface area contributed by atoms with E-state index in [1.165, 1.54) is 25.7 Å². The highest BCUT2D eigenvalue weighted by Gasteiger charge is 2.08. The molecule has 0 amide bonds. The number of carboxylic acid groups (broad SMARTS) is 1. The van der Waals surface area contributed by atoms with Crippen molar-refractivity contribution in [2.24, 2.45) is 0 Å². The maximum absolute atomic E-state index is 11.8. The van der Waals surface area contributed by atoms with Crippen molar-refractivity contribution < 1.29 is 14.7 Å². The summed E-state index contributed by atoms with van der Waals surface area (Å²) in [4.78, 5) is 22.2. The van der Waals surface area contributed by atoms with Gasteiger partial charge in [0.05, 0.1) is 0 Å². The van der Waals surface area contributed by atoms with E-state index in [1.807, 2.05) is 25.1 Å². The lowest BCUT2D eigenvalue weighted by atomic mass is 9.98. The van der Waals surface area contributed by atoms with Crippen LogP contribution >= 0.6 is 0 Å². The fraction of sp³-hybridized carbons (Fsp3) is 0.545. The van der Waals surface area contributed by atoms with Crippen molar-refractivity contribution in [3.8, 4) is 0 Å². The molecule has 0 saturated heterocycles. The van der Waals surface area contributed by atoms with E-state index in [4.69, 9.17) is 5.11 Å². The highest BCUT2D eigenvalue weighted by molar-refractivity contribution is 5.99. The molecule has 1 aromatic rings. The normalized spacial score (nSPS) is 10.5. The molecule has 0 aliphatic carbocycles. The van der Waals surface area contributed by atoms with E-state index in [9.17, 15) is 9.59 Å². The quantitative estimate of drug-likeness (QED) is 0.319. The molecule has 1 rings (SSSR count). The largest absolute Gasteiger partial charge is 0.481 e. The first kappa shape index (κ1) is 21.9. The number of carbonyl (C=O) groups is 2. The van der Waals surface area contributed by atoms with Crippen molar-refractivity contribution in [1.29, 1.82) is 0 Å². The summed E-state index contributed by atoms with van der Waals surface area (Å²) in [6.07, 6.45) is 9.17. The van der Waals surface area contributed by atoms with Crippen molar-refractivity contribution in [1.82, 2.24) is 0 Å². The fourth-order valence-electron chi connectivity index (χ4n) is 3.01. The average molecular weight is 360 g/mol. The molecule has 0 radical (unpaired) electrons. The zero-order chi connectivity index (χ0) is 19.4. The number of ketones is 1. The van der Waals surface area contributed by atoms with Gasteiger partial charge in [-0.1, -0.05) is 56.7 Å². The molecule has 26 heavy (non-hydrogen) atoms. The molecule has 0 heterocycles. The minimum atomic E-state index is -0.692. The number of rotatable bonds is 14. The predicted molar refractivity (Wildman–Crippen MR) is 109 cm³/mol. The van der Waals surface area contributed by atoms with Crippen LogP contribution in [-0.4, -0.2) is 23.4 Å². The van der Waals surface area contributed by atoms with E-state index in [2.05, 4.69) is 11.9 Å². The Bertz CT molecular complexity index is 607.